The van der Waals surface area contributed by atoms with E-state index in [1.54, 1.807) is 28.2 Å². The molecule has 1 aromatic carbocycles. The molecule has 0 radical (unpaired) electrons. The number of benzene rings is 1. The summed E-state index contributed by atoms with van der Waals surface area (Å²) in [5, 5.41) is 3.47. The number of para-hydroxylation sites is 1. The van der Waals surface area contributed by atoms with Crippen molar-refractivity contribution in [3.05, 3.63) is 46.7 Å². The number of hydrogen-bond acceptors (Lipinski definition) is 5. The Labute approximate surface area is 146 Å². The van der Waals surface area contributed by atoms with E-state index in [9.17, 15) is 8.42 Å². The predicted octanol–water partition coefficient (Wildman–Crippen LogP) is 3.13. The van der Waals surface area contributed by atoms with Crippen molar-refractivity contribution in [3.8, 4) is 5.75 Å². The third-order valence-electron chi connectivity index (χ3n) is 4.20. The molecule has 0 amide bonds. The Bertz CT molecular complexity index is 751. The van der Waals surface area contributed by atoms with Crippen molar-refractivity contribution in [3.63, 3.8) is 0 Å². The maximum Gasteiger partial charge on any atom is 0.243 e. The van der Waals surface area contributed by atoms with Crippen LogP contribution in [0.25, 0.3) is 0 Å². The summed E-state index contributed by atoms with van der Waals surface area (Å²) in [6.45, 7) is 1.47. The fraction of sp³-hybridized carbons (Fsp3) is 0.412. The zero-order chi connectivity index (χ0) is 17.0. The van der Waals surface area contributed by atoms with Crippen molar-refractivity contribution >= 4 is 21.4 Å². The highest BCUT2D eigenvalue weighted by Gasteiger charge is 2.29. The fourth-order valence-electron chi connectivity index (χ4n) is 2.82. The fourth-order valence-corrected chi connectivity index (χ4v) is 5.30. The number of piperidine rings is 1. The van der Waals surface area contributed by atoms with Crippen LogP contribution in [0.1, 0.15) is 18.4 Å². The van der Waals surface area contributed by atoms with E-state index in [1.807, 2.05) is 24.3 Å². The number of hydrogen-bond donors (Lipinski definition) is 0. The highest BCUT2D eigenvalue weighted by atomic mass is 32.2. The monoisotopic (exact) mass is 367 g/mol. The number of rotatable bonds is 6. The van der Waals surface area contributed by atoms with Crippen LogP contribution in [0, 0.1) is 0 Å². The second kappa shape index (κ2) is 7.65. The van der Waals surface area contributed by atoms with Crippen LogP contribution in [0.2, 0.25) is 0 Å². The zero-order valence-electron chi connectivity index (χ0n) is 13.6. The summed E-state index contributed by atoms with van der Waals surface area (Å²) in [6.07, 6.45) is 1.49. The maximum absolute atomic E-state index is 12.5. The molecule has 7 heteroatoms. The Kier molecular flexibility index (Phi) is 5.55. The van der Waals surface area contributed by atoms with E-state index in [0.717, 1.165) is 11.3 Å². The number of ether oxygens (including phenoxy) is 2. The molecule has 0 unspecified atom stereocenters. The van der Waals surface area contributed by atoms with Gasteiger partial charge in [-0.3, -0.25) is 0 Å². The number of methoxy groups -OCH3 is 1. The summed E-state index contributed by atoms with van der Waals surface area (Å²) in [5.74, 6) is 0.815. The van der Waals surface area contributed by atoms with E-state index in [-0.39, 0.29) is 6.10 Å². The van der Waals surface area contributed by atoms with Crippen molar-refractivity contribution in [1.29, 1.82) is 0 Å². The van der Waals surface area contributed by atoms with Gasteiger partial charge in [0.05, 0.1) is 24.7 Å². The minimum Gasteiger partial charge on any atom is -0.496 e. The molecule has 2 aromatic rings. The highest BCUT2D eigenvalue weighted by Crippen LogP contribution is 2.25. The van der Waals surface area contributed by atoms with E-state index in [4.69, 9.17) is 9.47 Å². The van der Waals surface area contributed by atoms with Gasteiger partial charge in [-0.2, -0.15) is 15.6 Å². The van der Waals surface area contributed by atoms with Gasteiger partial charge in [-0.15, -0.1) is 0 Å². The first kappa shape index (κ1) is 17.4. The molecule has 3 rings (SSSR count). The summed E-state index contributed by atoms with van der Waals surface area (Å²) in [5.41, 5.74) is 1.01. The first-order valence-electron chi connectivity index (χ1n) is 7.87. The van der Waals surface area contributed by atoms with Crippen LogP contribution in [0.4, 0.5) is 0 Å². The Morgan fingerprint density at radius 3 is 2.62 bits per heavy atom. The Balaban J connectivity index is 1.54. The molecule has 0 saturated carbocycles. The molecule has 2 heterocycles. The topological polar surface area (TPSA) is 55.8 Å². The second-order valence-electron chi connectivity index (χ2n) is 5.69. The van der Waals surface area contributed by atoms with E-state index in [0.29, 0.717) is 37.4 Å². The van der Waals surface area contributed by atoms with Crippen LogP contribution in [-0.2, 0) is 21.4 Å². The lowest BCUT2D eigenvalue weighted by Gasteiger charge is -2.31. The minimum absolute atomic E-state index is 0.0730. The minimum atomic E-state index is -3.35. The third-order valence-corrected chi connectivity index (χ3v) is 6.93. The van der Waals surface area contributed by atoms with Crippen LogP contribution in [0.3, 0.4) is 0 Å². The third kappa shape index (κ3) is 3.80. The predicted molar refractivity (Wildman–Crippen MR) is 93.9 cm³/mol. The van der Waals surface area contributed by atoms with Crippen molar-refractivity contribution < 1.29 is 17.9 Å². The Morgan fingerprint density at radius 1 is 1.21 bits per heavy atom. The molecule has 0 bridgehead atoms. The van der Waals surface area contributed by atoms with Crippen molar-refractivity contribution in [2.24, 2.45) is 0 Å². The van der Waals surface area contributed by atoms with Crippen LogP contribution < -0.4 is 4.74 Å². The standard InChI is InChI=1S/C17H21NO4S2/c1-21-17-5-3-2-4-14(17)12-22-15-6-9-18(10-7-15)24(19,20)16-8-11-23-13-16/h2-5,8,11,13,15H,6-7,9-10,12H2,1H3. The first-order chi connectivity index (χ1) is 11.6. The quantitative estimate of drug-likeness (QED) is 0.787. The van der Waals surface area contributed by atoms with Gasteiger partial charge in [0.1, 0.15) is 5.75 Å². The largest absolute Gasteiger partial charge is 0.496 e. The van der Waals surface area contributed by atoms with E-state index < -0.39 is 10.0 Å². The summed E-state index contributed by atoms with van der Waals surface area (Å²) in [4.78, 5) is 0.390. The van der Waals surface area contributed by atoms with Gasteiger partial charge in [0.15, 0.2) is 0 Å². The SMILES string of the molecule is COc1ccccc1COC1CCN(S(=O)(=O)c2ccsc2)CC1. The van der Waals surface area contributed by atoms with E-state index in [2.05, 4.69) is 0 Å². The average molecular weight is 367 g/mol. The molecule has 1 saturated heterocycles. The first-order valence-corrected chi connectivity index (χ1v) is 10.3. The molecule has 0 spiro atoms. The van der Waals surface area contributed by atoms with Gasteiger partial charge >= 0.3 is 0 Å². The summed E-state index contributed by atoms with van der Waals surface area (Å²) in [6, 6.07) is 9.43. The molecular formula is C17H21NO4S2. The Hall–Kier alpha value is -1.41. The number of sulfonamides is 1. The molecule has 24 heavy (non-hydrogen) atoms. The van der Waals surface area contributed by atoms with Gasteiger partial charge in [-0.05, 0) is 30.4 Å². The molecule has 0 N–H and O–H groups in total. The second-order valence-corrected chi connectivity index (χ2v) is 8.40. The van der Waals surface area contributed by atoms with Crippen molar-refractivity contribution in [1.82, 2.24) is 4.31 Å². The highest BCUT2D eigenvalue weighted by molar-refractivity contribution is 7.89. The zero-order valence-corrected chi connectivity index (χ0v) is 15.2. The summed E-state index contributed by atoms with van der Waals surface area (Å²) in [7, 11) is -1.71. The van der Waals surface area contributed by atoms with Crippen molar-refractivity contribution in [2.75, 3.05) is 20.2 Å². The normalized spacial score (nSPS) is 17.0. The van der Waals surface area contributed by atoms with Crippen LogP contribution in [0.15, 0.2) is 46.0 Å². The number of thiophene rings is 1. The molecule has 1 fully saturated rings. The summed E-state index contributed by atoms with van der Waals surface area (Å²) >= 11 is 1.40. The van der Waals surface area contributed by atoms with Crippen LogP contribution >= 0.6 is 11.3 Å². The average Bonchev–Trinajstić information content (AvgIpc) is 3.16. The van der Waals surface area contributed by atoms with Gasteiger partial charge < -0.3 is 9.47 Å². The Morgan fingerprint density at radius 2 is 1.96 bits per heavy atom. The van der Waals surface area contributed by atoms with Gasteiger partial charge in [-0.1, -0.05) is 18.2 Å². The van der Waals surface area contributed by atoms with Gasteiger partial charge in [0.2, 0.25) is 10.0 Å². The smallest absolute Gasteiger partial charge is 0.243 e. The van der Waals surface area contributed by atoms with Gasteiger partial charge in [0, 0.05) is 24.0 Å². The summed E-state index contributed by atoms with van der Waals surface area (Å²) < 4.78 is 37.8. The molecular weight excluding hydrogens is 346 g/mol. The molecule has 0 aliphatic carbocycles. The van der Waals surface area contributed by atoms with E-state index >= 15 is 0 Å². The van der Waals surface area contributed by atoms with Crippen LogP contribution in [-0.4, -0.2) is 39.0 Å². The molecule has 130 valence electrons. The van der Waals surface area contributed by atoms with Crippen LogP contribution in [0.5, 0.6) is 5.75 Å². The maximum atomic E-state index is 12.5. The lowest BCUT2D eigenvalue weighted by atomic mass is 10.1. The van der Waals surface area contributed by atoms with Gasteiger partial charge in [0.25, 0.3) is 0 Å². The van der Waals surface area contributed by atoms with Gasteiger partial charge in [-0.25, -0.2) is 8.42 Å². The van der Waals surface area contributed by atoms with Crippen molar-refractivity contribution in [2.45, 2.75) is 30.4 Å². The molecule has 5 nitrogen and oxygen atoms in total. The number of nitrogens with zero attached hydrogens (tertiary/aromatic N) is 1. The molecule has 1 aliphatic rings. The lowest BCUT2D eigenvalue weighted by molar-refractivity contribution is 0.00945. The molecule has 1 aromatic heterocycles. The van der Waals surface area contributed by atoms with E-state index in [1.165, 1.54) is 11.3 Å². The molecule has 0 atom stereocenters. The lowest BCUT2D eigenvalue weighted by Crippen LogP contribution is -2.40. The molecule has 1 aliphatic heterocycles.